The van der Waals surface area contributed by atoms with Crippen LogP contribution in [0.3, 0.4) is 0 Å². The van der Waals surface area contributed by atoms with Gasteiger partial charge in [-0.3, -0.25) is 4.79 Å². The highest BCUT2D eigenvalue weighted by molar-refractivity contribution is 9.10. The Bertz CT molecular complexity index is 1700. The molecular formula is C30H21Br2N3O4. The number of amides is 1. The highest BCUT2D eigenvalue weighted by atomic mass is 79.9. The van der Waals surface area contributed by atoms with Gasteiger partial charge in [0.25, 0.3) is 5.91 Å². The average Bonchev–Trinajstić information content (AvgIpc) is 3.34. The molecule has 0 atom stereocenters. The van der Waals surface area contributed by atoms with Crippen molar-refractivity contribution in [3.63, 3.8) is 0 Å². The van der Waals surface area contributed by atoms with E-state index in [-0.39, 0.29) is 0 Å². The summed E-state index contributed by atoms with van der Waals surface area (Å²) in [7, 11) is 1.60. The predicted octanol–water partition coefficient (Wildman–Crippen LogP) is 7.35. The molecule has 0 spiro atoms. The number of aromatic amines is 1. The van der Waals surface area contributed by atoms with Crippen LogP contribution >= 0.6 is 31.9 Å². The van der Waals surface area contributed by atoms with Crippen molar-refractivity contribution in [2.75, 3.05) is 7.11 Å². The molecule has 1 aromatic heterocycles. The highest BCUT2D eigenvalue weighted by Gasteiger charge is 2.20. The van der Waals surface area contributed by atoms with Gasteiger partial charge in [-0.25, -0.2) is 10.2 Å². The van der Waals surface area contributed by atoms with Crippen molar-refractivity contribution in [2.24, 2.45) is 5.10 Å². The van der Waals surface area contributed by atoms with Crippen molar-refractivity contribution in [3.8, 4) is 22.6 Å². The summed E-state index contributed by atoms with van der Waals surface area (Å²) in [6, 6.07) is 27.2. The van der Waals surface area contributed by atoms with E-state index in [0.29, 0.717) is 28.3 Å². The van der Waals surface area contributed by atoms with Crippen LogP contribution in [0.5, 0.6) is 11.5 Å². The molecule has 5 rings (SSSR count). The van der Waals surface area contributed by atoms with Crippen LogP contribution in [-0.4, -0.2) is 30.2 Å². The molecule has 1 amide bonds. The Morgan fingerprint density at radius 1 is 0.897 bits per heavy atom. The maximum atomic E-state index is 13.3. The molecule has 2 N–H and O–H groups in total. The topological polar surface area (TPSA) is 92.8 Å². The van der Waals surface area contributed by atoms with E-state index in [2.05, 4.69) is 47.4 Å². The molecule has 1 heterocycles. The second-order valence-corrected chi connectivity index (χ2v) is 10.3. The van der Waals surface area contributed by atoms with Crippen LogP contribution in [0.4, 0.5) is 0 Å². The molecule has 194 valence electrons. The second-order valence-electron chi connectivity index (χ2n) is 8.43. The lowest BCUT2D eigenvalue weighted by molar-refractivity contribution is 0.0734. The number of fused-ring (bicyclic) bond motifs is 1. The van der Waals surface area contributed by atoms with E-state index >= 15 is 0 Å². The van der Waals surface area contributed by atoms with Gasteiger partial charge in [-0.2, -0.15) is 5.10 Å². The number of ether oxygens (including phenoxy) is 2. The molecule has 0 saturated carbocycles. The number of carbonyl (C=O) groups excluding carboxylic acids is 2. The molecule has 0 radical (unpaired) electrons. The van der Waals surface area contributed by atoms with Crippen LogP contribution in [-0.2, 0) is 0 Å². The van der Waals surface area contributed by atoms with E-state index in [4.69, 9.17) is 9.47 Å². The highest BCUT2D eigenvalue weighted by Crippen LogP contribution is 2.34. The van der Waals surface area contributed by atoms with E-state index in [1.54, 1.807) is 49.6 Å². The number of esters is 1. The fourth-order valence-electron chi connectivity index (χ4n) is 4.05. The lowest BCUT2D eigenvalue weighted by atomic mass is 10.0. The van der Waals surface area contributed by atoms with Crippen molar-refractivity contribution >= 4 is 60.9 Å². The third-order valence-corrected chi connectivity index (χ3v) is 6.94. The minimum atomic E-state index is -0.510. The Hall–Kier alpha value is -4.21. The van der Waals surface area contributed by atoms with Crippen LogP contribution in [0, 0.1) is 0 Å². The van der Waals surface area contributed by atoms with Gasteiger partial charge < -0.3 is 14.5 Å². The number of aromatic nitrogens is 1. The van der Waals surface area contributed by atoms with Crippen LogP contribution in [0.2, 0.25) is 0 Å². The number of benzene rings is 4. The summed E-state index contributed by atoms with van der Waals surface area (Å²) in [4.78, 5) is 29.2. The summed E-state index contributed by atoms with van der Waals surface area (Å²) in [5.74, 6) is 0.0449. The fraction of sp³-hybridized carbons (Fsp3) is 0.0333. The first kappa shape index (κ1) is 26.4. The van der Waals surface area contributed by atoms with Crippen LogP contribution in [0.15, 0.2) is 105 Å². The molecule has 7 nitrogen and oxygen atoms in total. The first-order valence-electron chi connectivity index (χ1n) is 11.8. The molecular weight excluding hydrogens is 626 g/mol. The van der Waals surface area contributed by atoms with Crippen molar-refractivity contribution < 1.29 is 19.1 Å². The number of nitrogens with one attached hydrogen (secondary N) is 2. The molecule has 5 aromatic rings. The van der Waals surface area contributed by atoms with Gasteiger partial charge in [-0.1, -0.05) is 62.2 Å². The molecule has 9 heteroatoms. The molecule has 0 saturated heterocycles. The molecule has 4 aromatic carbocycles. The van der Waals surface area contributed by atoms with E-state index in [0.717, 1.165) is 31.0 Å². The summed E-state index contributed by atoms with van der Waals surface area (Å²) in [6.07, 6.45) is 1.43. The number of rotatable bonds is 7. The molecule has 0 aliphatic heterocycles. The van der Waals surface area contributed by atoms with Crippen LogP contribution < -0.4 is 14.9 Å². The smallest absolute Gasteiger partial charge is 0.343 e. The van der Waals surface area contributed by atoms with Gasteiger partial charge in [0.2, 0.25) is 0 Å². The first-order valence-corrected chi connectivity index (χ1v) is 13.4. The standard InChI is InChI=1S/C30H21Br2N3O4/c1-38-23-12-13-25-24(16-23)27(18-5-3-2-4-6-18)28(34-25)29(36)35-33-17-20-15-22(32)11-14-26(20)39-30(37)19-7-9-21(31)10-8-19/h2-17,34H,1H3,(H,35,36). The van der Waals surface area contributed by atoms with Crippen LogP contribution in [0.25, 0.3) is 22.0 Å². The number of H-pyrrole nitrogens is 1. The Morgan fingerprint density at radius 3 is 2.38 bits per heavy atom. The molecule has 0 fully saturated rings. The van der Waals surface area contributed by atoms with Crippen molar-refractivity contribution in [1.82, 2.24) is 10.4 Å². The third kappa shape index (κ3) is 5.94. The summed E-state index contributed by atoms with van der Waals surface area (Å²) in [5.41, 5.74) is 6.26. The molecule has 0 bridgehead atoms. The van der Waals surface area contributed by atoms with Crippen molar-refractivity contribution in [3.05, 3.63) is 117 Å². The monoisotopic (exact) mass is 645 g/mol. The average molecular weight is 647 g/mol. The zero-order valence-electron chi connectivity index (χ0n) is 20.6. The predicted molar refractivity (Wildman–Crippen MR) is 159 cm³/mol. The number of hydrogen-bond donors (Lipinski definition) is 2. The van der Waals surface area contributed by atoms with E-state index in [9.17, 15) is 9.59 Å². The summed E-state index contributed by atoms with van der Waals surface area (Å²) >= 11 is 6.78. The maximum absolute atomic E-state index is 13.3. The van der Waals surface area contributed by atoms with Crippen molar-refractivity contribution in [2.45, 2.75) is 0 Å². The zero-order valence-corrected chi connectivity index (χ0v) is 23.7. The van der Waals surface area contributed by atoms with Gasteiger partial charge in [0.05, 0.1) is 18.9 Å². The van der Waals surface area contributed by atoms with Gasteiger partial charge in [0.15, 0.2) is 0 Å². The minimum absolute atomic E-state index is 0.298. The fourth-order valence-corrected chi connectivity index (χ4v) is 4.69. The summed E-state index contributed by atoms with van der Waals surface area (Å²) in [6.45, 7) is 0. The quantitative estimate of drug-likeness (QED) is 0.0837. The van der Waals surface area contributed by atoms with Gasteiger partial charge in [0.1, 0.15) is 17.2 Å². The van der Waals surface area contributed by atoms with E-state index < -0.39 is 11.9 Å². The molecule has 39 heavy (non-hydrogen) atoms. The SMILES string of the molecule is COc1ccc2[nH]c(C(=O)NN=Cc3cc(Br)ccc3OC(=O)c3ccc(Br)cc3)c(-c3ccccc3)c2c1. The van der Waals surface area contributed by atoms with E-state index in [1.165, 1.54) is 6.21 Å². The minimum Gasteiger partial charge on any atom is -0.497 e. The van der Waals surface area contributed by atoms with Gasteiger partial charge in [-0.15, -0.1) is 0 Å². The molecule has 0 unspecified atom stereocenters. The Morgan fingerprint density at radius 2 is 1.64 bits per heavy atom. The second kappa shape index (κ2) is 11.7. The van der Waals surface area contributed by atoms with Gasteiger partial charge in [-0.05, 0) is 66.2 Å². The number of nitrogens with zero attached hydrogens (tertiary/aromatic N) is 1. The van der Waals surface area contributed by atoms with E-state index in [1.807, 2.05) is 48.5 Å². The number of halogens is 2. The largest absolute Gasteiger partial charge is 0.497 e. The zero-order chi connectivity index (χ0) is 27.4. The van der Waals surface area contributed by atoms with Crippen LogP contribution in [0.1, 0.15) is 26.4 Å². The summed E-state index contributed by atoms with van der Waals surface area (Å²) in [5, 5.41) is 5.01. The maximum Gasteiger partial charge on any atom is 0.343 e. The first-order chi connectivity index (χ1) is 18.9. The number of methoxy groups -OCH3 is 1. The number of hydrogen-bond acceptors (Lipinski definition) is 5. The Kier molecular flexibility index (Phi) is 7.90. The normalized spacial score (nSPS) is 11.1. The lowest BCUT2D eigenvalue weighted by Crippen LogP contribution is -2.19. The lowest BCUT2D eigenvalue weighted by Gasteiger charge is -2.08. The molecule has 0 aliphatic rings. The number of carbonyl (C=O) groups is 2. The Labute approximate surface area is 241 Å². The molecule has 0 aliphatic carbocycles. The summed E-state index contributed by atoms with van der Waals surface area (Å²) < 4.78 is 12.6. The van der Waals surface area contributed by atoms with Crippen molar-refractivity contribution in [1.29, 1.82) is 0 Å². The van der Waals surface area contributed by atoms with Gasteiger partial charge >= 0.3 is 5.97 Å². The third-order valence-electron chi connectivity index (χ3n) is 5.92. The Balaban J connectivity index is 1.41. The van der Waals surface area contributed by atoms with Gasteiger partial charge in [0, 0.05) is 31.0 Å². The number of hydrazone groups is 1.